The highest BCUT2D eigenvalue weighted by Crippen LogP contribution is 2.23. The number of hydrogen-bond donors (Lipinski definition) is 3. The molecule has 0 spiro atoms. The highest BCUT2D eigenvalue weighted by atomic mass is 16.5. The van der Waals surface area contributed by atoms with Crippen molar-refractivity contribution in [2.45, 2.75) is 13.0 Å². The van der Waals surface area contributed by atoms with Gasteiger partial charge >= 0.3 is 0 Å². The molecule has 1 amide bonds. The third kappa shape index (κ3) is 2.34. The van der Waals surface area contributed by atoms with Crippen LogP contribution in [-0.2, 0) is 9.53 Å². The normalized spacial score (nSPS) is 12.6. The first-order valence-corrected chi connectivity index (χ1v) is 5.61. The zero-order chi connectivity index (χ0) is 13.1. The number of nitrogens with one attached hydrogen (secondary N) is 2. The fourth-order valence-electron chi connectivity index (χ4n) is 1.76. The van der Waals surface area contributed by atoms with Crippen LogP contribution >= 0.6 is 0 Å². The molecule has 6 heteroatoms. The molecule has 6 nitrogen and oxygen atoms in total. The van der Waals surface area contributed by atoms with Gasteiger partial charge in [-0.05, 0) is 18.6 Å². The highest BCUT2D eigenvalue weighted by molar-refractivity contribution is 6.02. The van der Waals surface area contributed by atoms with Crippen LogP contribution in [0.1, 0.15) is 5.56 Å². The molecule has 1 heterocycles. The summed E-state index contributed by atoms with van der Waals surface area (Å²) < 4.78 is 4.85. The molecule has 18 heavy (non-hydrogen) atoms. The van der Waals surface area contributed by atoms with Crippen molar-refractivity contribution in [2.24, 2.45) is 5.73 Å². The van der Waals surface area contributed by atoms with Gasteiger partial charge in [0, 0.05) is 12.5 Å². The van der Waals surface area contributed by atoms with Gasteiger partial charge in [0.2, 0.25) is 5.91 Å². The van der Waals surface area contributed by atoms with E-state index in [9.17, 15) is 4.79 Å². The molecule has 0 bridgehead atoms. The fraction of sp³-hybridized carbons (Fsp3) is 0.333. The summed E-state index contributed by atoms with van der Waals surface area (Å²) in [6.45, 7) is 2.17. The first-order chi connectivity index (χ1) is 8.63. The number of benzene rings is 1. The number of fused-ring (bicyclic) bond motifs is 1. The molecule has 4 N–H and O–H groups in total. The lowest BCUT2D eigenvalue weighted by molar-refractivity contribution is -0.118. The van der Waals surface area contributed by atoms with Crippen molar-refractivity contribution in [3.8, 4) is 0 Å². The van der Waals surface area contributed by atoms with E-state index in [-0.39, 0.29) is 12.5 Å². The molecule has 1 unspecified atom stereocenters. The van der Waals surface area contributed by atoms with Gasteiger partial charge in [-0.3, -0.25) is 9.89 Å². The van der Waals surface area contributed by atoms with Crippen molar-refractivity contribution in [2.75, 3.05) is 19.0 Å². The van der Waals surface area contributed by atoms with Crippen LogP contribution in [-0.4, -0.2) is 35.9 Å². The van der Waals surface area contributed by atoms with Crippen LogP contribution in [0.3, 0.4) is 0 Å². The van der Waals surface area contributed by atoms with Crippen LogP contribution in [0.5, 0.6) is 0 Å². The Bertz CT molecular complexity index is 564. The van der Waals surface area contributed by atoms with Crippen LogP contribution in [0.4, 0.5) is 5.69 Å². The number of rotatable bonds is 4. The Balaban J connectivity index is 2.24. The molecule has 0 fully saturated rings. The Morgan fingerprint density at radius 2 is 2.39 bits per heavy atom. The van der Waals surface area contributed by atoms with Gasteiger partial charge in [0.15, 0.2) is 0 Å². The summed E-state index contributed by atoms with van der Waals surface area (Å²) in [6, 6.07) is 3.07. The van der Waals surface area contributed by atoms with Crippen molar-refractivity contribution in [3.05, 3.63) is 23.9 Å². The number of aromatic amines is 1. The summed E-state index contributed by atoms with van der Waals surface area (Å²) in [5, 5.41) is 10.6. The van der Waals surface area contributed by atoms with Crippen molar-refractivity contribution < 1.29 is 9.53 Å². The molecule has 1 aromatic carbocycles. The number of carbonyl (C=O) groups excluding carboxylic acids is 1. The average Bonchev–Trinajstić information content (AvgIpc) is 2.83. The van der Waals surface area contributed by atoms with Crippen LogP contribution in [0.25, 0.3) is 10.9 Å². The van der Waals surface area contributed by atoms with Gasteiger partial charge in [0.1, 0.15) is 6.04 Å². The van der Waals surface area contributed by atoms with Crippen LogP contribution < -0.4 is 11.1 Å². The predicted molar refractivity (Wildman–Crippen MR) is 69.3 cm³/mol. The second-order valence-corrected chi connectivity index (χ2v) is 4.14. The summed E-state index contributed by atoms with van der Waals surface area (Å²) >= 11 is 0. The van der Waals surface area contributed by atoms with Gasteiger partial charge in [0.25, 0.3) is 0 Å². The molecular weight excluding hydrogens is 232 g/mol. The van der Waals surface area contributed by atoms with Crippen LogP contribution in [0.15, 0.2) is 18.3 Å². The van der Waals surface area contributed by atoms with E-state index in [1.165, 1.54) is 7.11 Å². The van der Waals surface area contributed by atoms with Crippen molar-refractivity contribution >= 4 is 22.5 Å². The molecule has 0 saturated heterocycles. The molecule has 0 aliphatic carbocycles. The Morgan fingerprint density at radius 1 is 1.61 bits per heavy atom. The second kappa shape index (κ2) is 5.16. The largest absolute Gasteiger partial charge is 0.383 e. The molecule has 96 valence electrons. The number of hydrogen-bond acceptors (Lipinski definition) is 4. The summed E-state index contributed by atoms with van der Waals surface area (Å²) in [5.41, 5.74) is 8.23. The van der Waals surface area contributed by atoms with Crippen LogP contribution in [0.2, 0.25) is 0 Å². The lowest BCUT2D eigenvalue weighted by Crippen LogP contribution is -2.39. The lowest BCUT2D eigenvalue weighted by atomic mass is 10.1. The van der Waals surface area contributed by atoms with Crippen molar-refractivity contribution in [1.82, 2.24) is 10.2 Å². The molecule has 0 aliphatic rings. The zero-order valence-electron chi connectivity index (χ0n) is 10.4. The quantitative estimate of drug-likeness (QED) is 0.745. The number of nitrogens with two attached hydrogens (primary N) is 1. The monoisotopic (exact) mass is 248 g/mol. The third-order valence-corrected chi connectivity index (χ3v) is 2.77. The van der Waals surface area contributed by atoms with E-state index in [1.54, 1.807) is 6.20 Å². The minimum atomic E-state index is -0.686. The van der Waals surface area contributed by atoms with Gasteiger partial charge in [-0.2, -0.15) is 5.10 Å². The number of ether oxygens (including phenoxy) is 1. The number of aromatic nitrogens is 2. The van der Waals surface area contributed by atoms with Gasteiger partial charge in [-0.15, -0.1) is 0 Å². The van der Waals surface area contributed by atoms with E-state index in [0.29, 0.717) is 5.69 Å². The van der Waals surface area contributed by atoms with Crippen molar-refractivity contribution in [1.29, 1.82) is 0 Å². The van der Waals surface area contributed by atoms with E-state index in [4.69, 9.17) is 10.5 Å². The van der Waals surface area contributed by atoms with E-state index < -0.39 is 6.04 Å². The topological polar surface area (TPSA) is 93.0 Å². The van der Waals surface area contributed by atoms with E-state index in [0.717, 1.165) is 16.5 Å². The number of aryl methyl sites for hydroxylation is 1. The number of amides is 1. The summed E-state index contributed by atoms with van der Waals surface area (Å²) in [7, 11) is 1.51. The molecule has 0 radical (unpaired) electrons. The maximum atomic E-state index is 11.8. The molecular formula is C12H16N4O2. The SMILES string of the molecule is COCC(N)C(=O)Nc1ccc(C)c2cn[nH]c12. The van der Waals surface area contributed by atoms with E-state index in [1.807, 2.05) is 19.1 Å². The second-order valence-electron chi connectivity index (χ2n) is 4.14. The fourth-order valence-corrected chi connectivity index (χ4v) is 1.76. The smallest absolute Gasteiger partial charge is 0.243 e. The number of nitrogens with zero attached hydrogens (tertiary/aromatic N) is 1. The molecule has 2 aromatic rings. The van der Waals surface area contributed by atoms with Gasteiger partial charge in [-0.1, -0.05) is 6.07 Å². The molecule has 1 aromatic heterocycles. The number of carbonyl (C=O) groups is 1. The predicted octanol–water partition coefficient (Wildman–Crippen LogP) is 0.784. The molecule has 0 saturated carbocycles. The van der Waals surface area contributed by atoms with Gasteiger partial charge < -0.3 is 15.8 Å². The van der Waals surface area contributed by atoms with Gasteiger partial charge in [-0.25, -0.2) is 0 Å². The average molecular weight is 248 g/mol. The van der Waals surface area contributed by atoms with E-state index >= 15 is 0 Å². The third-order valence-electron chi connectivity index (χ3n) is 2.77. The molecule has 1 atom stereocenters. The minimum Gasteiger partial charge on any atom is -0.383 e. The molecule has 2 rings (SSSR count). The Morgan fingerprint density at radius 3 is 3.11 bits per heavy atom. The number of methoxy groups -OCH3 is 1. The summed E-state index contributed by atoms with van der Waals surface area (Å²) in [6.07, 6.45) is 1.73. The standard InChI is InChI=1S/C12H16N4O2/c1-7-3-4-10(11-8(7)5-14-16-11)15-12(17)9(13)6-18-2/h3-5,9H,6,13H2,1-2H3,(H,14,16)(H,15,17). The maximum Gasteiger partial charge on any atom is 0.243 e. The number of H-pyrrole nitrogens is 1. The van der Waals surface area contributed by atoms with Gasteiger partial charge in [0.05, 0.1) is 24.0 Å². The summed E-state index contributed by atoms with van der Waals surface area (Å²) in [4.78, 5) is 11.8. The summed E-state index contributed by atoms with van der Waals surface area (Å²) in [5.74, 6) is -0.281. The Labute approximate surface area is 104 Å². The van der Waals surface area contributed by atoms with Crippen LogP contribution in [0, 0.1) is 6.92 Å². The first-order valence-electron chi connectivity index (χ1n) is 5.61. The highest BCUT2D eigenvalue weighted by Gasteiger charge is 2.15. The maximum absolute atomic E-state index is 11.8. The Hall–Kier alpha value is -1.92. The lowest BCUT2D eigenvalue weighted by Gasteiger charge is -2.12. The van der Waals surface area contributed by atoms with Crippen molar-refractivity contribution in [3.63, 3.8) is 0 Å². The minimum absolute atomic E-state index is 0.184. The molecule has 0 aliphatic heterocycles. The zero-order valence-corrected chi connectivity index (χ0v) is 10.4. The first kappa shape index (κ1) is 12.5. The Kier molecular flexibility index (Phi) is 3.59. The number of anilines is 1. The van der Waals surface area contributed by atoms with E-state index in [2.05, 4.69) is 15.5 Å².